The number of carbonyl (C=O) groups is 4. The Bertz CT molecular complexity index is 686. The standard InChI is InChI=1S/C18H26N4O5S/c1-28-8-7-12(19)16(24)21-13(10-15(20)23)17(25)22-14(18(26)27)9-11-5-3-2-4-6-11/h2-6,12-14H,7-10,19H2,1H3,(H2,20,23)(H,21,24)(H,22,25)(H,26,27). The van der Waals surface area contributed by atoms with Crippen molar-refractivity contribution in [1.29, 1.82) is 0 Å². The van der Waals surface area contributed by atoms with Gasteiger partial charge in [-0.25, -0.2) is 4.79 Å². The number of thioether (sulfide) groups is 1. The molecule has 1 aromatic carbocycles. The highest BCUT2D eigenvalue weighted by molar-refractivity contribution is 7.98. The van der Waals surface area contributed by atoms with Crippen LogP contribution in [0.3, 0.4) is 0 Å². The zero-order chi connectivity index (χ0) is 21.1. The van der Waals surface area contributed by atoms with E-state index in [0.29, 0.717) is 17.7 Å². The lowest BCUT2D eigenvalue weighted by Gasteiger charge is -2.22. The fraction of sp³-hybridized carbons (Fsp3) is 0.444. The summed E-state index contributed by atoms with van der Waals surface area (Å²) >= 11 is 1.52. The van der Waals surface area contributed by atoms with Gasteiger partial charge in [0.2, 0.25) is 17.7 Å². The van der Waals surface area contributed by atoms with E-state index in [0.717, 1.165) is 0 Å². The highest BCUT2D eigenvalue weighted by atomic mass is 32.2. The molecule has 0 radical (unpaired) electrons. The van der Waals surface area contributed by atoms with Crippen LogP contribution in [0.2, 0.25) is 0 Å². The average molecular weight is 410 g/mol. The molecule has 0 fully saturated rings. The number of aliphatic carboxylic acids is 1. The van der Waals surface area contributed by atoms with Crippen molar-refractivity contribution in [2.24, 2.45) is 11.5 Å². The SMILES string of the molecule is CSCCC(N)C(=O)NC(CC(N)=O)C(=O)NC(Cc1ccccc1)C(=O)O. The summed E-state index contributed by atoms with van der Waals surface area (Å²) in [5.41, 5.74) is 11.6. The Labute approximate surface area is 167 Å². The molecule has 0 spiro atoms. The monoisotopic (exact) mass is 410 g/mol. The second-order valence-corrected chi connectivity index (χ2v) is 7.19. The zero-order valence-electron chi connectivity index (χ0n) is 15.6. The van der Waals surface area contributed by atoms with E-state index in [9.17, 15) is 24.3 Å². The van der Waals surface area contributed by atoms with Crippen LogP contribution in [0.1, 0.15) is 18.4 Å². The summed E-state index contributed by atoms with van der Waals surface area (Å²) in [7, 11) is 0. The van der Waals surface area contributed by atoms with Crippen molar-refractivity contribution in [2.45, 2.75) is 37.4 Å². The predicted octanol–water partition coefficient (Wildman–Crippen LogP) is -0.761. The minimum Gasteiger partial charge on any atom is -0.480 e. The molecule has 0 aliphatic carbocycles. The number of benzene rings is 1. The van der Waals surface area contributed by atoms with Gasteiger partial charge in [0, 0.05) is 6.42 Å². The predicted molar refractivity (Wildman–Crippen MR) is 106 cm³/mol. The summed E-state index contributed by atoms with van der Waals surface area (Å²) in [6.07, 6.45) is 1.84. The van der Waals surface area contributed by atoms with Crippen molar-refractivity contribution in [3.05, 3.63) is 35.9 Å². The average Bonchev–Trinajstić information content (AvgIpc) is 2.65. The van der Waals surface area contributed by atoms with Crippen LogP contribution in [0.4, 0.5) is 0 Å². The Balaban J connectivity index is 2.82. The maximum atomic E-state index is 12.5. The molecule has 0 aromatic heterocycles. The highest BCUT2D eigenvalue weighted by Crippen LogP contribution is 2.05. The maximum Gasteiger partial charge on any atom is 0.326 e. The van der Waals surface area contributed by atoms with Crippen LogP contribution in [0.15, 0.2) is 30.3 Å². The van der Waals surface area contributed by atoms with E-state index in [1.807, 2.05) is 6.26 Å². The number of nitrogens with one attached hydrogen (secondary N) is 2. The van der Waals surface area contributed by atoms with E-state index in [4.69, 9.17) is 11.5 Å². The van der Waals surface area contributed by atoms with Gasteiger partial charge < -0.3 is 27.2 Å². The van der Waals surface area contributed by atoms with Gasteiger partial charge in [0.1, 0.15) is 12.1 Å². The molecular weight excluding hydrogens is 384 g/mol. The lowest BCUT2D eigenvalue weighted by molar-refractivity contribution is -0.142. The molecule has 0 aliphatic heterocycles. The molecule has 3 atom stereocenters. The number of amides is 3. The lowest BCUT2D eigenvalue weighted by Crippen LogP contribution is -2.55. The number of hydrogen-bond acceptors (Lipinski definition) is 6. The smallest absolute Gasteiger partial charge is 0.326 e. The van der Waals surface area contributed by atoms with Crippen molar-refractivity contribution in [2.75, 3.05) is 12.0 Å². The van der Waals surface area contributed by atoms with Gasteiger partial charge in [-0.2, -0.15) is 11.8 Å². The van der Waals surface area contributed by atoms with Gasteiger partial charge in [0.15, 0.2) is 0 Å². The fourth-order valence-electron chi connectivity index (χ4n) is 2.39. The van der Waals surface area contributed by atoms with Crippen molar-refractivity contribution < 1.29 is 24.3 Å². The summed E-state index contributed by atoms with van der Waals surface area (Å²) in [5, 5.41) is 14.1. The second kappa shape index (κ2) is 12.0. The van der Waals surface area contributed by atoms with Crippen LogP contribution >= 0.6 is 11.8 Å². The first-order valence-electron chi connectivity index (χ1n) is 8.64. The van der Waals surface area contributed by atoms with Crippen LogP contribution in [-0.4, -0.2) is 58.9 Å². The van der Waals surface area contributed by atoms with Crippen molar-refractivity contribution in [1.82, 2.24) is 10.6 Å². The summed E-state index contributed by atoms with van der Waals surface area (Å²) in [6, 6.07) is 5.37. The van der Waals surface area contributed by atoms with Crippen molar-refractivity contribution in [3.8, 4) is 0 Å². The van der Waals surface area contributed by atoms with Gasteiger partial charge in [0.25, 0.3) is 0 Å². The van der Waals surface area contributed by atoms with E-state index in [1.165, 1.54) is 11.8 Å². The largest absolute Gasteiger partial charge is 0.480 e. The topological polar surface area (TPSA) is 165 Å². The van der Waals surface area contributed by atoms with Gasteiger partial charge in [0.05, 0.1) is 12.5 Å². The van der Waals surface area contributed by atoms with E-state index in [1.54, 1.807) is 30.3 Å². The molecule has 0 heterocycles. The number of carbonyl (C=O) groups excluding carboxylic acids is 3. The molecule has 0 bridgehead atoms. The normalized spacial score (nSPS) is 13.8. The first-order valence-corrected chi connectivity index (χ1v) is 10.0. The van der Waals surface area contributed by atoms with Crippen molar-refractivity contribution in [3.63, 3.8) is 0 Å². The van der Waals surface area contributed by atoms with Gasteiger partial charge in [-0.3, -0.25) is 14.4 Å². The highest BCUT2D eigenvalue weighted by Gasteiger charge is 2.29. The van der Waals surface area contributed by atoms with Crippen molar-refractivity contribution >= 4 is 35.5 Å². The van der Waals surface area contributed by atoms with Crippen LogP contribution < -0.4 is 22.1 Å². The number of hydrogen-bond donors (Lipinski definition) is 5. The van der Waals surface area contributed by atoms with Gasteiger partial charge in [-0.05, 0) is 24.0 Å². The molecule has 1 rings (SSSR count). The van der Waals surface area contributed by atoms with Crippen LogP contribution in [0.25, 0.3) is 0 Å². The van der Waals surface area contributed by atoms with Gasteiger partial charge >= 0.3 is 5.97 Å². The third-order valence-electron chi connectivity index (χ3n) is 3.91. The molecule has 1 aromatic rings. The van der Waals surface area contributed by atoms with E-state index >= 15 is 0 Å². The van der Waals surface area contributed by atoms with Gasteiger partial charge in [-0.1, -0.05) is 30.3 Å². The molecule has 3 amide bonds. The molecule has 0 saturated heterocycles. The molecule has 28 heavy (non-hydrogen) atoms. The number of carboxylic acids is 1. The Hall–Kier alpha value is -2.59. The Kier molecular flexibility index (Phi) is 10.0. The molecular formula is C18H26N4O5S. The number of primary amides is 1. The molecule has 9 nitrogen and oxygen atoms in total. The van der Waals surface area contributed by atoms with E-state index in [-0.39, 0.29) is 6.42 Å². The van der Waals surface area contributed by atoms with Crippen LogP contribution in [0.5, 0.6) is 0 Å². The zero-order valence-corrected chi connectivity index (χ0v) is 16.4. The van der Waals surface area contributed by atoms with Crippen LogP contribution in [0, 0.1) is 0 Å². The maximum absolute atomic E-state index is 12.5. The first-order chi connectivity index (χ1) is 13.2. The van der Waals surface area contributed by atoms with Crippen LogP contribution in [-0.2, 0) is 25.6 Å². The Morgan fingerprint density at radius 1 is 1.07 bits per heavy atom. The molecule has 0 aliphatic rings. The summed E-state index contributed by atoms with van der Waals surface area (Å²) in [6.45, 7) is 0. The molecule has 3 unspecified atom stereocenters. The molecule has 0 saturated carbocycles. The first kappa shape index (κ1) is 23.4. The lowest BCUT2D eigenvalue weighted by atomic mass is 10.0. The third kappa shape index (κ3) is 8.40. The quantitative estimate of drug-likeness (QED) is 0.302. The molecule has 10 heteroatoms. The Morgan fingerprint density at radius 3 is 2.21 bits per heavy atom. The minimum absolute atomic E-state index is 0.0480. The fourth-order valence-corrected chi connectivity index (χ4v) is 2.88. The third-order valence-corrected chi connectivity index (χ3v) is 4.55. The Morgan fingerprint density at radius 2 is 1.68 bits per heavy atom. The van der Waals surface area contributed by atoms with E-state index in [2.05, 4.69) is 10.6 Å². The number of nitrogens with two attached hydrogens (primary N) is 2. The second-order valence-electron chi connectivity index (χ2n) is 6.21. The number of carboxylic acid groups (broad SMARTS) is 1. The van der Waals surface area contributed by atoms with E-state index < -0.39 is 48.2 Å². The summed E-state index contributed by atoms with van der Waals surface area (Å²) < 4.78 is 0. The number of rotatable bonds is 12. The summed E-state index contributed by atoms with van der Waals surface area (Å²) in [4.78, 5) is 47.5. The van der Waals surface area contributed by atoms with Gasteiger partial charge in [-0.15, -0.1) is 0 Å². The molecule has 154 valence electrons. The summed E-state index contributed by atoms with van der Waals surface area (Å²) in [5.74, 6) is -2.82. The minimum atomic E-state index is -1.30. The molecule has 7 N–H and O–H groups in total.